The molecule has 3 rings (SSSR count). The Bertz CT molecular complexity index is 760. The molecule has 0 aromatic heterocycles. The minimum atomic E-state index is -0.237. The van der Waals surface area contributed by atoms with Crippen molar-refractivity contribution in [1.82, 2.24) is 0 Å². The maximum absolute atomic E-state index is 12.2. The molecule has 0 amide bonds. The summed E-state index contributed by atoms with van der Waals surface area (Å²) in [5.74, 6) is -0.181. The van der Waals surface area contributed by atoms with Gasteiger partial charge in [0, 0.05) is 12.4 Å². The van der Waals surface area contributed by atoms with Crippen molar-refractivity contribution in [3.63, 3.8) is 0 Å². The predicted octanol–water partition coefficient (Wildman–Crippen LogP) is 5.22. The summed E-state index contributed by atoms with van der Waals surface area (Å²) >= 11 is 0. The SMILES string of the molecule is CC.O=C(/C=C/c1cccc2ccccc12)C1C=CC=NC=C1. The maximum atomic E-state index is 12.2. The molecule has 0 bridgehead atoms. The van der Waals surface area contributed by atoms with Crippen LogP contribution >= 0.6 is 0 Å². The summed E-state index contributed by atoms with van der Waals surface area (Å²) in [6.45, 7) is 4.00. The highest BCUT2D eigenvalue weighted by molar-refractivity contribution is 6.00. The molecule has 1 heterocycles. The minimum Gasteiger partial charge on any atom is -0.294 e. The van der Waals surface area contributed by atoms with Gasteiger partial charge in [0.05, 0.1) is 5.92 Å². The first-order valence-corrected chi connectivity index (χ1v) is 7.91. The Kier molecular flexibility index (Phi) is 6.25. The number of hydrogen-bond donors (Lipinski definition) is 0. The number of carbonyl (C=O) groups is 1. The number of benzene rings is 2. The molecule has 1 aliphatic rings. The van der Waals surface area contributed by atoms with Gasteiger partial charge in [-0.1, -0.05) is 74.5 Å². The van der Waals surface area contributed by atoms with Crippen molar-refractivity contribution in [2.24, 2.45) is 10.9 Å². The van der Waals surface area contributed by atoms with Gasteiger partial charge in [-0.15, -0.1) is 0 Å². The second-order valence-electron chi connectivity index (χ2n) is 4.85. The molecule has 0 fully saturated rings. The Labute approximate surface area is 137 Å². The average molecular weight is 303 g/mol. The van der Waals surface area contributed by atoms with Gasteiger partial charge in [0.2, 0.25) is 0 Å². The summed E-state index contributed by atoms with van der Waals surface area (Å²) in [5.41, 5.74) is 1.05. The Morgan fingerprint density at radius 3 is 2.70 bits per heavy atom. The van der Waals surface area contributed by atoms with E-state index in [1.165, 1.54) is 5.39 Å². The zero-order chi connectivity index (χ0) is 16.5. The predicted molar refractivity (Wildman–Crippen MR) is 99.6 cm³/mol. The van der Waals surface area contributed by atoms with Crippen LogP contribution in [0, 0.1) is 5.92 Å². The van der Waals surface area contributed by atoms with Crippen molar-refractivity contribution in [2.45, 2.75) is 13.8 Å². The first-order chi connectivity index (χ1) is 11.3. The first-order valence-electron chi connectivity index (χ1n) is 7.91. The number of aliphatic imine (C=N–C) groups is 1. The Balaban J connectivity index is 0.000000924. The Hall–Kier alpha value is -2.74. The molecular formula is C21H21NO. The van der Waals surface area contributed by atoms with Crippen LogP contribution in [0.2, 0.25) is 0 Å². The van der Waals surface area contributed by atoms with Crippen LogP contribution in [0.1, 0.15) is 19.4 Å². The zero-order valence-electron chi connectivity index (χ0n) is 13.5. The van der Waals surface area contributed by atoms with Gasteiger partial charge in [0.15, 0.2) is 5.78 Å². The minimum absolute atomic E-state index is 0.0564. The quantitative estimate of drug-likeness (QED) is 0.715. The molecule has 1 atom stereocenters. The molecule has 0 N–H and O–H groups in total. The van der Waals surface area contributed by atoms with Gasteiger partial charge >= 0.3 is 0 Å². The van der Waals surface area contributed by atoms with Gasteiger partial charge in [0.25, 0.3) is 0 Å². The monoisotopic (exact) mass is 303 g/mol. The Morgan fingerprint density at radius 1 is 1.04 bits per heavy atom. The Morgan fingerprint density at radius 2 is 1.83 bits per heavy atom. The number of nitrogens with zero attached hydrogens (tertiary/aromatic N) is 1. The summed E-state index contributed by atoms with van der Waals surface area (Å²) in [4.78, 5) is 16.2. The summed E-state index contributed by atoms with van der Waals surface area (Å²) in [7, 11) is 0. The van der Waals surface area contributed by atoms with Gasteiger partial charge in [0.1, 0.15) is 0 Å². The van der Waals surface area contributed by atoms with E-state index in [1.807, 2.05) is 50.3 Å². The number of fused-ring (bicyclic) bond motifs is 1. The van der Waals surface area contributed by atoms with E-state index in [4.69, 9.17) is 0 Å². The van der Waals surface area contributed by atoms with Gasteiger partial charge in [-0.2, -0.15) is 0 Å². The second kappa shape index (κ2) is 8.64. The molecule has 2 aromatic carbocycles. The molecule has 116 valence electrons. The lowest BCUT2D eigenvalue weighted by Crippen LogP contribution is -2.05. The normalized spacial score (nSPS) is 16.2. The van der Waals surface area contributed by atoms with Crippen molar-refractivity contribution < 1.29 is 4.79 Å². The van der Waals surface area contributed by atoms with E-state index >= 15 is 0 Å². The smallest absolute Gasteiger partial charge is 0.166 e. The van der Waals surface area contributed by atoms with E-state index in [1.54, 1.807) is 30.6 Å². The largest absolute Gasteiger partial charge is 0.294 e. The molecule has 0 saturated carbocycles. The zero-order valence-corrected chi connectivity index (χ0v) is 13.5. The molecular weight excluding hydrogens is 282 g/mol. The molecule has 0 saturated heterocycles. The van der Waals surface area contributed by atoms with Crippen molar-refractivity contribution in [3.05, 3.63) is 78.5 Å². The van der Waals surface area contributed by atoms with Crippen LogP contribution in [0.25, 0.3) is 16.8 Å². The third kappa shape index (κ3) is 4.36. The molecule has 2 nitrogen and oxygen atoms in total. The first kappa shape index (κ1) is 16.6. The molecule has 23 heavy (non-hydrogen) atoms. The van der Waals surface area contributed by atoms with E-state index in [2.05, 4.69) is 23.2 Å². The lowest BCUT2D eigenvalue weighted by atomic mass is 10.0. The van der Waals surface area contributed by atoms with E-state index in [0.29, 0.717) is 0 Å². The number of hydrogen-bond acceptors (Lipinski definition) is 2. The molecule has 2 aromatic rings. The lowest BCUT2D eigenvalue weighted by Gasteiger charge is -2.03. The summed E-state index contributed by atoms with van der Waals surface area (Å²) in [5, 5.41) is 2.33. The molecule has 0 radical (unpaired) electrons. The van der Waals surface area contributed by atoms with Crippen LogP contribution in [-0.4, -0.2) is 12.0 Å². The molecule has 1 unspecified atom stereocenters. The van der Waals surface area contributed by atoms with E-state index in [-0.39, 0.29) is 11.7 Å². The van der Waals surface area contributed by atoms with Crippen LogP contribution in [0.5, 0.6) is 0 Å². The standard InChI is InChI=1S/C19H15NO.C2H6/c21-19(17-8-4-13-20-14-12-17)11-10-16-7-3-6-15-5-1-2-9-18(15)16;1-2/h1-14,17H;1-2H3/b11-10+;. The number of rotatable bonds is 3. The second-order valence-corrected chi connectivity index (χ2v) is 4.85. The van der Waals surface area contributed by atoms with Crippen molar-refractivity contribution in [2.75, 3.05) is 0 Å². The fourth-order valence-electron chi connectivity index (χ4n) is 2.34. The third-order valence-electron chi connectivity index (χ3n) is 3.45. The van der Waals surface area contributed by atoms with Crippen LogP contribution in [-0.2, 0) is 4.79 Å². The van der Waals surface area contributed by atoms with E-state index in [0.717, 1.165) is 10.9 Å². The van der Waals surface area contributed by atoms with Crippen LogP contribution in [0.15, 0.2) is 78.0 Å². The maximum Gasteiger partial charge on any atom is 0.166 e. The third-order valence-corrected chi connectivity index (χ3v) is 3.45. The fourth-order valence-corrected chi connectivity index (χ4v) is 2.34. The van der Waals surface area contributed by atoms with E-state index < -0.39 is 0 Å². The molecule has 0 spiro atoms. The lowest BCUT2D eigenvalue weighted by molar-refractivity contribution is -0.115. The number of carbonyl (C=O) groups excluding carboxylic acids is 1. The van der Waals surface area contributed by atoms with Crippen LogP contribution < -0.4 is 0 Å². The highest BCUT2D eigenvalue weighted by atomic mass is 16.1. The van der Waals surface area contributed by atoms with Crippen LogP contribution in [0.4, 0.5) is 0 Å². The van der Waals surface area contributed by atoms with Gasteiger partial charge in [-0.05, 0) is 28.5 Å². The highest BCUT2D eigenvalue weighted by Gasteiger charge is 2.09. The van der Waals surface area contributed by atoms with Crippen molar-refractivity contribution >= 4 is 28.8 Å². The summed E-state index contributed by atoms with van der Waals surface area (Å²) < 4.78 is 0. The average Bonchev–Trinajstić information content (AvgIpc) is 2.91. The van der Waals surface area contributed by atoms with Gasteiger partial charge in [-0.3, -0.25) is 9.79 Å². The summed E-state index contributed by atoms with van der Waals surface area (Å²) in [6, 6.07) is 14.3. The topological polar surface area (TPSA) is 29.4 Å². The highest BCUT2D eigenvalue weighted by Crippen LogP contribution is 2.20. The number of ketones is 1. The molecule has 1 aliphatic heterocycles. The van der Waals surface area contributed by atoms with Gasteiger partial charge in [-0.25, -0.2) is 0 Å². The number of allylic oxidation sites excluding steroid dienone is 4. The van der Waals surface area contributed by atoms with Crippen molar-refractivity contribution in [1.29, 1.82) is 0 Å². The van der Waals surface area contributed by atoms with Crippen molar-refractivity contribution in [3.8, 4) is 0 Å². The fraction of sp³-hybridized carbons (Fsp3) is 0.143. The van der Waals surface area contributed by atoms with Gasteiger partial charge < -0.3 is 0 Å². The molecule has 2 heteroatoms. The summed E-state index contributed by atoms with van der Waals surface area (Å²) in [6.07, 6.45) is 12.3. The van der Waals surface area contributed by atoms with Crippen LogP contribution in [0.3, 0.4) is 0 Å². The molecule has 0 aliphatic carbocycles. The van der Waals surface area contributed by atoms with E-state index in [9.17, 15) is 4.79 Å².